The molecule has 0 atom stereocenters. The minimum absolute atomic E-state index is 0.0774. The highest BCUT2D eigenvalue weighted by atomic mass is 19.4. The van der Waals surface area contributed by atoms with Crippen LogP contribution in [-0.2, 0) is 24.1 Å². The molecule has 138 valence electrons. The Morgan fingerprint density at radius 3 is 2.46 bits per heavy atom. The predicted octanol–water partition coefficient (Wildman–Crippen LogP) is 3.03. The highest BCUT2D eigenvalue weighted by molar-refractivity contribution is 5.86. The summed E-state index contributed by atoms with van der Waals surface area (Å²) in [5.41, 5.74) is 0.142. The summed E-state index contributed by atoms with van der Waals surface area (Å²) >= 11 is 0. The third kappa shape index (κ3) is 3.02. The van der Waals surface area contributed by atoms with E-state index < -0.39 is 24.3 Å². The number of pyridine rings is 1. The zero-order chi connectivity index (χ0) is 19.2. The van der Waals surface area contributed by atoms with Crippen LogP contribution in [0.25, 0.3) is 22.3 Å². The van der Waals surface area contributed by atoms with Gasteiger partial charge in [-0.2, -0.15) is 23.4 Å². The number of aromatic nitrogens is 5. The Kier molecular flexibility index (Phi) is 4.21. The van der Waals surface area contributed by atoms with Crippen LogP contribution >= 0.6 is 0 Å². The minimum Gasteiger partial charge on any atom is -0.480 e. The number of aryl methyl sites for hydroxylation is 3. The van der Waals surface area contributed by atoms with Crippen LogP contribution in [0, 0.1) is 13.8 Å². The maximum Gasteiger partial charge on any atom is 0.417 e. The number of carbonyl (C=O) groups is 1. The summed E-state index contributed by atoms with van der Waals surface area (Å²) in [6, 6.07) is 0.964. The molecule has 0 saturated carbocycles. The van der Waals surface area contributed by atoms with Crippen LogP contribution in [0.1, 0.15) is 23.9 Å². The summed E-state index contributed by atoms with van der Waals surface area (Å²) < 4.78 is 43.5. The standard InChI is InChI=1S/C16H16F3N5O2/c1-4-23-6-10(8(2)21-23)12-5-11(16(17,18)19)14-9(3)22-24(7-13(25)26)15(14)20-12/h5-6H,4,7H2,1-3H3,(H,25,26). The van der Waals surface area contributed by atoms with Crippen LogP contribution in [0.5, 0.6) is 0 Å². The first-order valence-electron chi connectivity index (χ1n) is 7.83. The number of carboxylic acids is 1. The predicted molar refractivity (Wildman–Crippen MR) is 86.5 cm³/mol. The number of hydrogen-bond donors (Lipinski definition) is 1. The lowest BCUT2D eigenvalue weighted by Crippen LogP contribution is -2.12. The van der Waals surface area contributed by atoms with Gasteiger partial charge in [0.15, 0.2) is 5.65 Å². The van der Waals surface area contributed by atoms with Crippen molar-refractivity contribution in [2.75, 3.05) is 0 Å². The monoisotopic (exact) mass is 367 g/mol. The molecule has 0 aliphatic heterocycles. The van der Waals surface area contributed by atoms with Crippen molar-refractivity contribution >= 4 is 17.0 Å². The first-order valence-corrected chi connectivity index (χ1v) is 7.83. The van der Waals surface area contributed by atoms with E-state index in [4.69, 9.17) is 5.11 Å². The number of fused-ring (bicyclic) bond motifs is 1. The van der Waals surface area contributed by atoms with Gasteiger partial charge in [0.1, 0.15) is 6.54 Å². The van der Waals surface area contributed by atoms with Gasteiger partial charge in [-0.3, -0.25) is 9.48 Å². The smallest absolute Gasteiger partial charge is 0.417 e. The molecule has 1 N–H and O–H groups in total. The van der Waals surface area contributed by atoms with Crippen LogP contribution in [0.15, 0.2) is 12.3 Å². The van der Waals surface area contributed by atoms with Gasteiger partial charge < -0.3 is 5.11 Å². The van der Waals surface area contributed by atoms with Crippen molar-refractivity contribution in [3.63, 3.8) is 0 Å². The summed E-state index contributed by atoms with van der Waals surface area (Å²) in [4.78, 5) is 15.3. The average molecular weight is 367 g/mol. The van der Waals surface area contributed by atoms with E-state index in [-0.39, 0.29) is 22.4 Å². The van der Waals surface area contributed by atoms with Gasteiger partial charge in [0.25, 0.3) is 0 Å². The third-order valence-electron chi connectivity index (χ3n) is 4.01. The Labute approximate surface area is 146 Å². The number of hydrogen-bond acceptors (Lipinski definition) is 4. The Balaban J connectivity index is 2.34. The second-order valence-corrected chi connectivity index (χ2v) is 5.87. The van der Waals surface area contributed by atoms with Gasteiger partial charge in [0.05, 0.1) is 28.0 Å². The molecule has 0 fully saturated rings. The van der Waals surface area contributed by atoms with Gasteiger partial charge in [-0.15, -0.1) is 0 Å². The van der Waals surface area contributed by atoms with Crippen molar-refractivity contribution in [1.29, 1.82) is 0 Å². The minimum atomic E-state index is -4.63. The van der Waals surface area contributed by atoms with Gasteiger partial charge in [0.2, 0.25) is 0 Å². The zero-order valence-corrected chi connectivity index (χ0v) is 14.3. The molecule has 0 radical (unpaired) electrons. The van der Waals surface area contributed by atoms with Gasteiger partial charge >= 0.3 is 12.1 Å². The van der Waals surface area contributed by atoms with Crippen molar-refractivity contribution in [3.05, 3.63) is 29.2 Å². The number of aliphatic carboxylic acids is 1. The maximum absolute atomic E-state index is 13.6. The fourth-order valence-corrected chi connectivity index (χ4v) is 2.88. The van der Waals surface area contributed by atoms with Gasteiger partial charge in [0, 0.05) is 18.3 Å². The van der Waals surface area contributed by atoms with Crippen LogP contribution < -0.4 is 0 Å². The molecule has 3 rings (SSSR count). The highest BCUT2D eigenvalue weighted by Crippen LogP contribution is 2.38. The molecule has 0 saturated heterocycles. The molecule has 0 bridgehead atoms. The van der Waals surface area contributed by atoms with Crippen molar-refractivity contribution in [3.8, 4) is 11.3 Å². The zero-order valence-electron chi connectivity index (χ0n) is 14.3. The number of carboxylic acid groups (broad SMARTS) is 1. The summed E-state index contributed by atoms with van der Waals surface area (Å²) in [7, 11) is 0. The van der Waals surface area contributed by atoms with Crippen LogP contribution in [0.2, 0.25) is 0 Å². The van der Waals surface area contributed by atoms with E-state index in [1.54, 1.807) is 17.8 Å². The number of alkyl halides is 3. The first kappa shape index (κ1) is 17.9. The molecule has 0 aliphatic carbocycles. The maximum atomic E-state index is 13.6. The summed E-state index contributed by atoms with van der Waals surface area (Å²) in [6.45, 7) is 4.92. The largest absolute Gasteiger partial charge is 0.480 e. The van der Waals surface area contributed by atoms with E-state index in [1.165, 1.54) is 6.92 Å². The second kappa shape index (κ2) is 6.11. The van der Waals surface area contributed by atoms with Crippen molar-refractivity contribution in [2.45, 2.75) is 40.0 Å². The van der Waals surface area contributed by atoms with Crippen LogP contribution in [-0.4, -0.2) is 35.6 Å². The quantitative estimate of drug-likeness (QED) is 0.766. The van der Waals surface area contributed by atoms with E-state index >= 15 is 0 Å². The Morgan fingerprint density at radius 1 is 1.23 bits per heavy atom. The lowest BCUT2D eigenvalue weighted by Gasteiger charge is -2.11. The third-order valence-corrected chi connectivity index (χ3v) is 4.01. The molecule has 0 aromatic carbocycles. The molecule has 26 heavy (non-hydrogen) atoms. The first-order chi connectivity index (χ1) is 12.1. The lowest BCUT2D eigenvalue weighted by atomic mass is 10.1. The molecular weight excluding hydrogens is 351 g/mol. The van der Waals surface area contributed by atoms with Gasteiger partial charge in [-0.25, -0.2) is 9.67 Å². The Bertz CT molecular complexity index is 1000. The topological polar surface area (TPSA) is 85.8 Å². The molecule has 3 heterocycles. The van der Waals surface area contributed by atoms with Crippen molar-refractivity contribution < 1.29 is 23.1 Å². The summed E-state index contributed by atoms with van der Waals surface area (Å²) in [5, 5.41) is 17.0. The van der Waals surface area contributed by atoms with Gasteiger partial charge in [-0.05, 0) is 26.8 Å². The van der Waals surface area contributed by atoms with Crippen LogP contribution in [0.4, 0.5) is 13.2 Å². The van der Waals surface area contributed by atoms with E-state index in [0.717, 1.165) is 10.7 Å². The summed E-state index contributed by atoms with van der Waals surface area (Å²) in [5.74, 6) is -1.22. The Morgan fingerprint density at radius 2 is 1.92 bits per heavy atom. The van der Waals surface area contributed by atoms with E-state index in [0.29, 0.717) is 17.8 Å². The number of rotatable bonds is 4. The van der Waals surface area contributed by atoms with E-state index in [1.807, 2.05) is 6.92 Å². The van der Waals surface area contributed by atoms with Crippen LogP contribution in [0.3, 0.4) is 0 Å². The lowest BCUT2D eigenvalue weighted by molar-refractivity contribution is -0.138. The average Bonchev–Trinajstić information content (AvgIpc) is 3.06. The van der Waals surface area contributed by atoms with E-state index in [9.17, 15) is 18.0 Å². The SMILES string of the molecule is CCn1cc(-c2cc(C(F)(F)F)c3c(C)nn(CC(=O)O)c3n2)c(C)n1. The molecule has 3 aromatic rings. The summed E-state index contributed by atoms with van der Waals surface area (Å²) in [6.07, 6.45) is -3.01. The normalized spacial score (nSPS) is 12.1. The molecule has 0 unspecified atom stereocenters. The fraction of sp³-hybridized carbons (Fsp3) is 0.375. The van der Waals surface area contributed by atoms with Gasteiger partial charge in [-0.1, -0.05) is 0 Å². The second-order valence-electron chi connectivity index (χ2n) is 5.87. The van der Waals surface area contributed by atoms with E-state index in [2.05, 4.69) is 15.2 Å². The molecule has 0 spiro atoms. The highest BCUT2D eigenvalue weighted by Gasteiger charge is 2.36. The molecular formula is C16H16F3N5O2. The Hall–Kier alpha value is -2.91. The molecule has 0 aliphatic rings. The number of nitrogens with zero attached hydrogens (tertiary/aromatic N) is 5. The fourth-order valence-electron chi connectivity index (χ4n) is 2.88. The molecule has 7 nitrogen and oxygen atoms in total. The molecule has 10 heteroatoms. The molecule has 0 amide bonds. The number of halogens is 3. The molecule has 3 aromatic heterocycles. The van der Waals surface area contributed by atoms with Crippen molar-refractivity contribution in [2.24, 2.45) is 0 Å². The van der Waals surface area contributed by atoms with Crippen molar-refractivity contribution in [1.82, 2.24) is 24.5 Å².